The van der Waals surface area contributed by atoms with E-state index in [1.807, 2.05) is 70.4 Å². The molecule has 0 bridgehead atoms. The van der Waals surface area contributed by atoms with Gasteiger partial charge in [-0.3, -0.25) is 9.69 Å². The van der Waals surface area contributed by atoms with Gasteiger partial charge in [-0.2, -0.15) is 0 Å². The number of ether oxygens (including phenoxy) is 3. The van der Waals surface area contributed by atoms with Gasteiger partial charge in [-0.25, -0.2) is 0 Å². The third-order valence-electron chi connectivity index (χ3n) is 6.34. The summed E-state index contributed by atoms with van der Waals surface area (Å²) in [5.74, 6) is 1.83. The van der Waals surface area contributed by atoms with Crippen molar-refractivity contribution >= 4 is 34.8 Å². The summed E-state index contributed by atoms with van der Waals surface area (Å²) in [6, 6.07) is 16.5. The van der Waals surface area contributed by atoms with Gasteiger partial charge in [0.25, 0.3) is 0 Å². The summed E-state index contributed by atoms with van der Waals surface area (Å²) in [5.41, 5.74) is 3.39. The number of anilines is 1. The van der Waals surface area contributed by atoms with Gasteiger partial charge in [0.1, 0.15) is 5.75 Å². The summed E-state index contributed by atoms with van der Waals surface area (Å²) in [5, 5.41) is 1.15. The minimum atomic E-state index is -0.444. The van der Waals surface area contributed by atoms with Crippen molar-refractivity contribution in [2.24, 2.45) is 0 Å². The lowest BCUT2D eigenvalue weighted by atomic mass is 9.86. The SMILES string of the molecule is CCOc1cc2c(cc1OCC)C(c1ccc(Cl)cc1)N(c1cc(Cl)ccc1OCCCN(C)C)C(=O)C2. The van der Waals surface area contributed by atoms with Gasteiger partial charge in [0.15, 0.2) is 11.5 Å². The second-order valence-corrected chi connectivity index (χ2v) is 10.2. The van der Waals surface area contributed by atoms with Crippen LogP contribution in [0.15, 0.2) is 54.6 Å². The average Bonchev–Trinajstić information content (AvgIpc) is 2.88. The standard InChI is InChI=1S/C30H34Cl2N2O4/c1-5-36-27-16-21-17-29(35)34(25-18-23(32)12-13-26(25)38-15-7-14-33(3)4)30(20-8-10-22(31)11-9-20)24(21)19-28(27)37-6-2/h8-13,16,18-19,30H,5-7,14-15,17H2,1-4H3. The molecule has 3 aromatic rings. The monoisotopic (exact) mass is 556 g/mol. The van der Waals surface area contributed by atoms with Crippen LogP contribution in [-0.2, 0) is 11.2 Å². The Morgan fingerprint density at radius 1 is 0.868 bits per heavy atom. The molecule has 0 fully saturated rings. The Kier molecular flexibility index (Phi) is 9.42. The molecule has 38 heavy (non-hydrogen) atoms. The van der Waals surface area contributed by atoms with Gasteiger partial charge in [-0.1, -0.05) is 35.3 Å². The van der Waals surface area contributed by atoms with Crippen LogP contribution in [0.5, 0.6) is 17.2 Å². The van der Waals surface area contributed by atoms with Gasteiger partial charge in [-0.15, -0.1) is 0 Å². The zero-order valence-electron chi connectivity index (χ0n) is 22.3. The van der Waals surface area contributed by atoms with Gasteiger partial charge in [0.05, 0.1) is 38.0 Å². The largest absolute Gasteiger partial charge is 0.491 e. The molecule has 1 aliphatic rings. The lowest BCUT2D eigenvalue weighted by molar-refractivity contribution is -0.118. The lowest BCUT2D eigenvalue weighted by Crippen LogP contribution is -2.41. The second kappa shape index (κ2) is 12.7. The van der Waals surface area contributed by atoms with Crippen molar-refractivity contribution in [3.8, 4) is 17.2 Å². The Morgan fingerprint density at radius 2 is 1.53 bits per heavy atom. The highest BCUT2D eigenvalue weighted by Crippen LogP contribution is 2.46. The third kappa shape index (κ3) is 6.37. The number of hydrogen-bond donors (Lipinski definition) is 0. The van der Waals surface area contributed by atoms with Crippen molar-refractivity contribution in [3.05, 3.63) is 81.3 Å². The first kappa shape index (κ1) is 28.1. The van der Waals surface area contributed by atoms with Crippen molar-refractivity contribution in [2.75, 3.05) is 45.4 Å². The van der Waals surface area contributed by atoms with E-state index in [9.17, 15) is 4.79 Å². The smallest absolute Gasteiger partial charge is 0.232 e. The fraction of sp³-hybridized carbons (Fsp3) is 0.367. The van der Waals surface area contributed by atoms with Crippen molar-refractivity contribution in [1.29, 1.82) is 0 Å². The molecule has 0 N–H and O–H groups in total. The predicted octanol–water partition coefficient (Wildman–Crippen LogP) is 6.80. The quantitative estimate of drug-likeness (QED) is 0.243. The van der Waals surface area contributed by atoms with Crippen LogP contribution in [0.3, 0.4) is 0 Å². The molecule has 0 spiro atoms. The Balaban J connectivity index is 1.85. The molecule has 8 heteroatoms. The average molecular weight is 558 g/mol. The van der Waals surface area contributed by atoms with Gasteiger partial charge in [0.2, 0.25) is 5.91 Å². The summed E-state index contributed by atoms with van der Waals surface area (Å²) in [6.07, 6.45) is 1.06. The highest BCUT2D eigenvalue weighted by atomic mass is 35.5. The zero-order valence-corrected chi connectivity index (χ0v) is 23.8. The maximum absolute atomic E-state index is 13.9. The summed E-state index contributed by atoms with van der Waals surface area (Å²) in [7, 11) is 4.06. The first-order valence-corrected chi connectivity index (χ1v) is 13.6. The summed E-state index contributed by atoms with van der Waals surface area (Å²) < 4.78 is 18.0. The van der Waals surface area contributed by atoms with Crippen molar-refractivity contribution in [3.63, 3.8) is 0 Å². The fourth-order valence-corrected chi connectivity index (χ4v) is 5.00. The van der Waals surface area contributed by atoms with Gasteiger partial charge in [0, 0.05) is 16.6 Å². The number of benzene rings is 3. The summed E-state index contributed by atoms with van der Waals surface area (Å²) in [6.45, 7) is 6.27. The van der Waals surface area contributed by atoms with Gasteiger partial charge >= 0.3 is 0 Å². The van der Waals surface area contributed by atoms with E-state index >= 15 is 0 Å². The summed E-state index contributed by atoms with van der Waals surface area (Å²) in [4.78, 5) is 17.8. The van der Waals surface area contributed by atoms with E-state index in [2.05, 4.69) is 4.90 Å². The van der Waals surface area contributed by atoms with Crippen LogP contribution >= 0.6 is 23.2 Å². The molecule has 6 nitrogen and oxygen atoms in total. The first-order valence-electron chi connectivity index (χ1n) is 12.9. The van der Waals surface area contributed by atoms with E-state index in [1.54, 1.807) is 17.0 Å². The van der Waals surface area contributed by atoms with Crippen LogP contribution in [-0.4, -0.2) is 51.3 Å². The van der Waals surface area contributed by atoms with E-state index in [-0.39, 0.29) is 12.3 Å². The Labute approximate surface area is 235 Å². The molecule has 1 atom stereocenters. The number of carbonyl (C=O) groups excluding carboxylic acids is 1. The molecule has 0 radical (unpaired) electrons. The van der Waals surface area contributed by atoms with E-state index in [1.165, 1.54) is 0 Å². The van der Waals surface area contributed by atoms with Gasteiger partial charge in [-0.05, 0) is 93.5 Å². The molecule has 1 amide bonds. The highest BCUT2D eigenvalue weighted by Gasteiger charge is 2.37. The lowest BCUT2D eigenvalue weighted by Gasteiger charge is -2.39. The summed E-state index contributed by atoms with van der Waals surface area (Å²) >= 11 is 12.7. The normalized spacial score (nSPS) is 15.0. The van der Waals surface area contributed by atoms with E-state index in [4.69, 9.17) is 37.4 Å². The molecule has 1 aliphatic heterocycles. The van der Waals surface area contributed by atoms with E-state index < -0.39 is 6.04 Å². The molecule has 0 aromatic heterocycles. The molecular formula is C30H34Cl2N2O4. The van der Waals surface area contributed by atoms with Crippen LogP contribution in [0.25, 0.3) is 0 Å². The number of hydrogen-bond acceptors (Lipinski definition) is 5. The molecular weight excluding hydrogens is 523 g/mol. The maximum atomic E-state index is 13.9. The fourth-order valence-electron chi connectivity index (χ4n) is 4.70. The molecule has 4 rings (SSSR count). The minimum Gasteiger partial charge on any atom is -0.491 e. The van der Waals surface area contributed by atoms with Crippen LogP contribution in [0.2, 0.25) is 10.0 Å². The van der Waals surface area contributed by atoms with Crippen molar-refractivity contribution < 1.29 is 19.0 Å². The predicted molar refractivity (Wildman–Crippen MR) is 153 cm³/mol. The highest BCUT2D eigenvalue weighted by molar-refractivity contribution is 6.31. The Bertz CT molecular complexity index is 1260. The van der Waals surface area contributed by atoms with Gasteiger partial charge < -0.3 is 19.1 Å². The molecule has 1 unspecified atom stereocenters. The van der Waals surface area contributed by atoms with Crippen LogP contribution in [0.4, 0.5) is 5.69 Å². The molecule has 3 aromatic carbocycles. The number of fused-ring (bicyclic) bond motifs is 1. The molecule has 0 aliphatic carbocycles. The number of nitrogens with zero attached hydrogens (tertiary/aromatic N) is 2. The van der Waals surface area contributed by atoms with Crippen molar-refractivity contribution in [2.45, 2.75) is 32.7 Å². The van der Waals surface area contributed by atoms with Crippen LogP contribution in [0, 0.1) is 0 Å². The van der Waals surface area contributed by atoms with Crippen molar-refractivity contribution in [1.82, 2.24) is 4.90 Å². The van der Waals surface area contributed by atoms with E-state index in [0.29, 0.717) is 52.8 Å². The second-order valence-electron chi connectivity index (χ2n) is 9.38. The Hall–Kier alpha value is -2.93. The first-order chi connectivity index (χ1) is 18.3. The van der Waals surface area contributed by atoms with E-state index in [0.717, 1.165) is 29.7 Å². The number of amides is 1. The minimum absolute atomic E-state index is 0.0653. The topological polar surface area (TPSA) is 51.2 Å². The molecule has 1 heterocycles. The number of carbonyl (C=O) groups is 1. The third-order valence-corrected chi connectivity index (χ3v) is 6.83. The molecule has 202 valence electrons. The maximum Gasteiger partial charge on any atom is 0.232 e. The van der Waals surface area contributed by atoms with Crippen LogP contribution in [0.1, 0.15) is 43.0 Å². The molecule has 0 saturated carbocycles. The number of rotatable bonds is 11. The van der Waals surface area contributed by atoms with Crippen LogP contribution < -0.4 is 19.1 Å². The zero-order chi connectivity index (χ0) is 27.2. The number of halogens is 2. The Morgan fingerprint density at radius 3 is 2.18 bits per heavy atom. The molecule has 0 saturated heterocycles.